The third-order valence-corrected chi connectivity index (χ3v) is 13.1. The van der Waals surface area contributed by atoms with E-state index in [1.807, 2.05) is 27.7 Å². The van der Waals surface area contributed by atoms with Crippen molar-refractivity contribution in [2.75, 3.05) is 63.8 Å². The number of aromatic nitrogens is 2. The molecule has 2 aromatic rings. The van der Waals surface area contributed by atoms with Gasteiger partial charge in [-0.15, -0.1) is 0 Å². The van der Waals surface area contributed by atoms with Crippen molar-refractivity contribution < 1.29 is 22.3 Å². The molecule has 2 bridgehead atoms. The molecule has 1 aromatic carbocycles. The number of benzene rings is 1. The van der Waals surface area contributed by atoms with Crippen molar-refractivity contribution >= 4 is 21.9 Å². The van der Waals surface area contributed by atoms with Crippen molar-refractivity contribution in [1.29, 1.82) is 0 Å². The van der Waals surface area contributed by atoms with E-state index in [0.717, 1.165) is 65.0 Å². The smallest absolute Gasteiger partial charge is 0.282 e. The van der Waals surface area contributed by atoms with Gasteiger partial charge in [0.1, 0.15) is 17.9 Å². The molecule has 1 aromatic heterocycles. The van der Waals surface area contributed by atoms with Crippen molar-refractivity contribution in [3.8, 4) is 11.5 Å². The minimum Gasteiger partial charge on any atom is -0.451 e. The van der Waals surface area contributed by atoms with E-state index in [-0.39, 0.29) is 40.8 Å². The van der Waals surface area contributed by atoms with Crippen LogP contribution in [0.1, 0.15) is 63.7 Å². The summed E-state index contributed by atoms with van der Waals surface area (Å²) >= 11 is 0. The number of hydrogen-bond acceptors (Lipinski definition) is 9. The lowest BCUT2D eigenvalue weighted by Crippen LogP contribution is -2.61. The summed E-state index contributed by atoms with van der Waals surface area (Å²) in [4.78, 5) is 28.7. The zero-order valence-electron chi connectivity index (χ0n) is 28.5. The second-order valence-electron chi connectivity index (χ2n) is 15.1. The Balaban J connectivity index is 0.942. The maximum absolute atomic E-state index is 14.4. The van der Waals surface area contributed by atoms with E-state index in [9.17, 15) is 17.6 Å². The van der Waals surface area contributed by atoms with Crippen molar-refractivity contribution in [1.82, 2.24) is 33.7 Å². The summed E-state index contributed by atoms with van der Waals surface area (Å²) < 4.78 is 50.9. The van der Waals surface area contributed by atoms with Crippen LogP contribution in [0.15, 0.2) is 30.7 Å². The first-order chi connectivity index (χ1) is 22.9. The summed E-state index contributed by atoms with van der Waals surface area (Å²) in [5, 5.41) is 3.40. The zero-order valence-corrected chi connectivity index (χ0v) is 29.3. The highest BCUT2D eigenvalue weighted by Gasteiger charge is 2.49. The first kappa shape index (κ1) is 33.6. The van der Waals surface area contributed by atoms with E-state index in [1.165, 1.54) is 24.5 Å². The molecule has 262 valence electrons. The number of nitrogens with zero attached hydrogens (tertiary/aromatic N) is 7. The highest BCUT2D eigenvalue weighted by atomic mass is 32.2. The summed E-state index contributed by atoms with van der Waals surface area (Å²) in [7, 11) is -3.39. The highest BCUT2D eigenvalue weighted by Crippen LogP contribution is 2.45. The number of halogens is 1. The van der Waals surface area contributed by atoms with Gasteiger partial charge in [-0.1, -0.05) is 0 Å². The van der Waals surface area contributed by atoms with Crippen molar-refractivity contribution in [2.24, 2.45) is 11.3 Å². The molecule has 5 saturated heterocycles. The molecule has 0 aliphatic carbocycles. The van der Waals surface area contributed by atoms with E-state index in [2.05, 4.69) is 25.1 Å². The Morgan fingerprint density at radius 1 is 1.10 bits per heavy atom. The Morgan fingerprint density at radius 3 is 2.52 bits per heavy atom. The lowest BCUT2D eigenvalue weighted by Gasteiger charge is -2.54. The largest absolute Gasteiger partial charge is 0.451 e. The fourth-order valence-electron chi connectivity index (χ4n) is 8.61. The van der Waals surface area contributed by atoms with Gasteiger partial charge in [-0.05, 0) is 90.6 Å². The molecule has 7 rings (SSSR count). The molecule has 1 spiro atoms. The zero-order chi connectivity index (χ0) is 33.8. The normalized spacial score (nSPS) is 26.1. The number of piperidine rings is 1. The Morgan fingerprint density at radius 2 is 1.85 bits per heavy atom. The molecule has 12 nitrogen and oxygen atoms in total. The second-order valence-corrected chi connectivity index (χ2v) is 17.0. The van der Waals surface area contributed by atoms with Gasteiger partial charge in [0.2, 0.25) is 0 Å². The van der Waals surface area contributed by atoms with Crippen LogP contribution in [-0.4, -0.2) is 126 Å². The topological polar surface area (TPSA) is 114 Å². The first-order valence-corrected chi connectivity index (χ1v) is 18.9. The second kappa shape index (κ2) is 13.1. The summed E-state index contributed by atoms with van der Waals surface area (Å²) in [5.74, 6) is 0.951. The van der Waals surface area contributed by atoms with Gasteiger partial charge in [0, 0.05) is 75.4 Å². The molecule has 48 heavy (non-hydrogen) atoms. The SMILES string of the molecule is CC(C)N(C(=O)c1cc(F)ccc1Oc1cncnc1N1CC2(CCN(C[C@@H]3CCN(S(=O)(=O)N4C[C@@H]5C[C@H]4CN5)C3)CC2)C1)C(C)C. The molecule has 1 amide bonds. The molecule has 0 radical (unpaired) electrons. The van der Waals surface area contributed by atoms with Crippen LogP contribution in [0.5, 0.6) is 11.5 Å². The van der Waals surface area contributed by atoms with E-state index < -0.39 is 16.0 Å². The molecule has 14 heteroatoms. The van der Waals surface area contributed by atoms with Crippen LogP contribution in [0.3, 0.4) is 0 Å². The molecule has 0 unspecified atom stereocenters. The molecule has 6 heterocycles. The van der Waals surface area contributed by atoms with Crippen molar-refractivity contribution in [3.05, 3.63) is 42.1 Å². The molecule has 3 atom stereocenters. The number of anilines is 1. The predicted molar refractivity (Wildman–Crippen MR) is 181 cm³/mol. The van der Waals surface area contributed by atoms with Crippen LogP contribution in [-0.2, 0) is 10.2 Å². The van der Waals surface area contributed by atoms with Crippen LogP contribution in [0, 0.1) is 17.2 Å². The van der Waals surface area contributed by atoms with Crippen LogP contribution in [0.2, 0.25) is 0 Å². The maximum Gasteiger partial charge on any atom is 0.282 e. The molecule has 1 N–H and O–H groups in total. The number of ether oxygens (including phenoxy) is 1. The Bertz CT molecular complexity index is 1600. The minimum absolute atomic E-state index is 0.0651. The van der Waals surface area contributed by atoms with Gasteiger partial charge in [-0.3, -0.25) is 4.79 Å². The fourth-order valence-corrected chi connectivity index (χ4v) is 10.6. The lowest BCUT2D eigenvalue weighted by atomic mass is 9.72. The quantitative estimate of drug-likeness (QED) is 0.403. The van der Waals surface area contributed by atoms with E-state index >= 15 is 0 Å². The van der Waals surface area contributed by atoms with Gasteiger partial charge in [0.05, 0.1) is 11.8 Å². The number of piperazine rings is 1. The predicted octanol–water partition coefficient (Wildman–Crippen LogP) is 3.18. The number of nitrogens with one attached hydrogen (secondary N) is 1. The average molecular weight is 685 g/mol. The summed E-state index contributed by atoms with van der Waals surface area (Å²) in [6.45, 7) is 15.0. The number of amides is 1. The van der Waals surface area contributed by atoms with Gasteiger partial charge in [0.15, 0.2) is 11.6 Å². The van der Waals surface area contributed by atoms with Gasteiger partial charge in [-0.25, -0.2) is 14.4 Å². The summed E-state index contributed by atoms with van der Waals surface area (Å²) in [5.41, 5.74) is 0.363. The van der Waals surface area contributed by atoms with Gasteiger partial charge in [0.25, 0.3) is 16.1 Å². The number of fused-ring (bicyclic) bond motifs is 2. The van der Waals surface area contributed by atoms with Crippen LogP contribution in [0.25, 0.3) is 0 Å². The maximum atomic E-state index is 14.4. The van der Waals surface area contributed by atoms with E-state index in [1.54, 1.807) is 19.7 Å². The monoisotopic (exact) mass is 684 g/mol. The summed E-state index contributed by atoms with van der Waals surface area (Å²) in [6.07, 6.45) is 7.09. The number of carbonyl (C=O) groups is 1. The van der Waals surface area contributed by atoms with Gasteiger partial charge in [-0.2, -0.15) is 17.0 Å². The standard InChI is InChI=1S/C34H49FN8O4S/c1-23(2)43(24(3)4)33(44)29-13-26(35)5-6-30(29)47-31-16-36-22-38-32(31)40-20-34(21-40)8-11-39(12-9-34)17-25-7-10-41(18-25)48(45,46)42-19-27-14-28(42)15-37-27/h5-6,13,16,22-25,27-28,37H,7-12,14-15,17-21H2,1-4H3/t25-,27-,28-/m0/s1. The van der Waals surface area contributed by atoms with Crippen molar-refractivity contribution in [3.63, 3.8) is 0 Å². The molecule has 5 aliphatic rings. The molecule has 5 fully saturated rings. The first-order valence-electron chi connectivity index (χ1n) is 17.5. The summed E-state index contributed by atoms with van der Waals surface area (Å²) in [6, 6.07) is 4.32. The Hall–Kier alpha value is -2.91. The van der Waals surface area contributed by atoms with Crippen molar-refractivity contribution in [2.45, 2.75) is 77.5 Å². The molecular formula is C34H49FN8O4S. The Kier molecular flexibility index (Phi) is 9.16. The van der Waals surface area contributed by atoms with E-state index in [0.29, 0.717) is 43.2 Å². The fraction of sp³-hybridized carbons (Fsp3) is 0.676. The number of carbonyl (C=O) groups excluding carboxylic acids is 1. The molecule has 5 aliphatic heterocycles. The number of rotatable bonds is 10. The van der Waals surface area contributed by atoms with Crippen LogP contribution < -0.4 is 15.0 Å². The van der Waals surface area contributed by atoms with Gasteiger partial charge >= 0.3 is 0 Å². The third-order valence-electron chi connectivity index (χ3n) is 11.1. The van der Waals surface area contributed by atoms with Crippen LogP contribution in [0.4, 0.5) is 10.2 Å². The van der Waals surface area contributed by atoms with Gasteiger partial charge < -0.3 is 24.8 Å². The van der Waals surface area contributed by atoms with Crippen LogP contribution >= 0.6 is 0 Å². The molecular weight excluding hydrogens is 635 g/mol. The average Bonchev–Trinajstić information content (AvgIpc) is 3.80. The van der Waals surface area contributed by atoms with E-state index in [4.69, 9.17) is 4.74 Å². The number of hydrogen-bond donors (Lipinski definition) is 1. The lowest BCUT2D eigenvalue weighted by molar-refractivity contribution is 0.0640. The highest BCUT2D eigenvalue weighted by molar-refractivity contribution is 7.86. The Labute approximate surface area is 283 Å². The number of likely N-dealkylation sites (tertiary alicyclic amines) is 1. The minimum atomic E-state index is -3.39. The third kappa shape index (κ3) is 6.41. The molecule has 0 saturated carbocycles.